The Kier molecular flexibility index (Phi) is 5.39. The summed E-state index contributed by atoms with van der Waals surface area (Å²) in [6, 6.07) is 8.64. The van der Waals surface area contributed by atoms with E-state index in [1.54, 1.807) is 0 Å². The first-order valence-corrected chi connectivity index (χ1v) is 9.67. The van der Waals surface area contributed by atoms with Crippen LogP contribution in [0.5, 0.6) is 0 Å². The molecule has 0 aliphatic heterocycles. The number of carbonyl (C=O) groups is 1. The summed E-state index contributed by atoms with van der Waals surface area (Å²) < 4.78 is 5.31. The Balaban J connectivity index is 1.99. The number of rotatable bonds is 5. The summed E-state index contributed by atoms with van der Waals surface area (Å²) in [5.74, 6) is -0.320. The monoisotopic (exact) mass is 374 g/mol. The lowest BCUT2D eigenvalue weighted by Gasteiger charge is -2.11. The van der Waals surface area contributed by atoms with E-state index in [0.717, 1.165) is 33.8 Å². The van der Waals surface area contributed by atoms with Crippen molar-refractivity contribution in [2.24, 2.45) is 0 Å². The lowest BCUT2D eigenvalue weighted by atomic mass is 10.0. The van der Waals surface area contributed by atoms with Crippen molar-refractivity contribution in [1.29, 1.82) is 0 Å². The molecule has 3 rings (SSSR count). The minimum absolute atomic E-state index is 0.320. The van der Waals surface area contributed by atoms with Crippen LogP contribution >= 0.6 is 23.6 Å². The standard InChI is InChI=1S/C19H22N2O2S2/c1-4-23-18(22)16-15(13-7-5-11(2)6-8-13)12(3)25-17(16)21-19(24)20-14-9-10-14/h5-8,14H,4,9-10H2,1-3H3,(H2,20,21,24). The normalized spacial score (nSPS) is 13.4. The zero-order valence-corrected chi connectivity index (χ0v) is 16.3. The molecular formula is C19H22N2O2S2. The number of thiophene rings is 1. The lowest BCUT2D eigenvalue weighted by Crippen LogP contribution is -2.30. The van der Waals surface area contributed by atoms with Gasteiger partial charge in [0.1, 0.15) is 10.6 Å². The van der Waals surface area contributed by atoms with Crippen LogP contribution in [0.1, 0.15) is 40.6 Å². The first kappa shape index (κ1) is 17.9. The van der Waals surface area contributed by atoms with Gasteiger partial charge in [-0.05, 0) is 51.4 Å². The average Bonchev–Trinajstić information content (AvgIpc) is 3.30. The van der Waals surface area contributed by atoms with Crippen LogP contribution in [-0.2, 0) is 4.74 Å². The predicted octanol–water partition coefficient (Wildman–Crippen LogP) is 4.66. The minimum Gasteiger partial charge on any atom is -0.462 e. The van der Waals surface area contributed by atoms with E-state index in [2.05, 4.69) is 10.6 Å². The van der Waals surface area contributed by atoms with E-state index in [0.29, 0.717) is 23.3 Å². The van der Waals surface area contributed by atoms with Gasteiger partial charge in [0, 0.05) is 16.5 Å². The molecule has 0 radical (unpaired) electrons. The van der Waals surface area contributed by atoms with Crippen molar-refractivity contribution in [3.05, 3.63) is 40.3 Å². The smallest absolute Gasteiger partial charge is 0.341 e. The van der Waals surface area contributed by atoms with Crippen molar-refractivity contribution >= 4 is 39.6 Å². The Bertz CT molecular complexity index is 793. The molecule has 1 saturated carbocycles. The van der Waals surface area contributed by atoms with Gasteiger partial charge in [-0.2, -0.15) is 0 Å². The molecule has 1 heterocycles. The molecule has 4 nitrogen and oxygen atoms in total. The molecule has 0 spiro atoms. The van der Waals surface area contributed by atoms with Gasteiger partial charge in [0.25, 0.3) is 0 Å². The van der Waals surface area contributed by atoms with Crippen LogP contribution in [0.3, 0.4) is 0 Å². The molecule has 0 saturated heterocycles. The van der Waals surface area contributed by atoms with E-state index in [-0.39, 0.29) is 5.97 Å². The summed E-state index contributed by atoms with van der Waals surface area (Å²) in [7, 11) is 0. The van der Waals surface area contributed by atoms with Crippen molar-refractivity contribution < 1.29 is 9.53 Å². The maximum Gasteiger partial charge on any atom is 0.341 e. The molecule has 0 bridgehead atoms. The van der Waals surface area contributed by atoms with Gasteiger partial charge in [-0.3, -0.25) is 0 Å². The number of benzene rings is 1. The van der Waals surface area contributed by atoms with Gasteiger partial charge in [-0.25, -0.2) is 4.79 Å². The summed E-state index contributed by atoms with van der Waals surface area (Å²) in [6.45, 7) is 6.22. The minimum atomic E-state index is -0.320. The van der Waals surface area contributed by atoms with E-state index in [4.69, 9.17) is 17.0 Å². The zero-order chi connectivity index (χ0) is 18.0. The Morgan fingerprint density at radius 1 is 1.28 bits per heavy atom. The fourth-order valence-electron chi connectivity index (χ4n) is 2.65. The SMILES string of the molecule is CCOC(=O)c1c(NC(=S)NC2CC2)sc(C)c1-c1ccc(C)cc1. The topological polar surface area (TPSA) is 50.4 Å². The van der Waals surface area contributed by atoms with Gasteiger partial charge in [-0.1, -0.05) is 29.8 Å². The molecule has 1 fully saturated rings. The van der Waals surface area contributed by atoms with E-state index < -0.39 is 0 Å². The number of esters is 1. The highest BCUT2D eigenvalue weighted by molar-refractivity contribution is 7.80. The fourth-order valence-corrected chi connectivity index (χ4v) is 4.05. The number of ether oxygens (including phenoxy) is 1. The molecule has 0 unspecified atom stereocenters. The highest BCUT2D eigenvalue weighted by atomic mass is 32.1. The Morgan fingerprint density at radius 2 is 1.96 bits per heavy atom. The van der Waals surface area contributed by atoms with E-state index in [1.165, 1.54) is 16.9 Å². The van der Waals surface area contributed by atoms with E-state index >= 15 is 0 Å². The zero-order valence-electron chi connectivity index (χ0n) is 14.6. The summed E-state index contributed by atoms with van der Waals surface area (Å²) in [4.78, 5) is 13.7. The Hall–Kier alpha value is -1.92. The van der Waals surface area contributed by atoms with Crippen LogP contribution in [0.4, 0.5) is 5.00 Å². The second-order valence-electron chi connectivity index (χ2n) is 6.20. The van der Waals surface area contributed by atoms with E-state index in [1.807, 2.05) is 45.0 Å². The number of anilines is 1. The highest BCUT2D eigenvalue weighted by Gasteiger charge is 2.26. The summed E-state index contributed by atoms with van der Waals surface area (Å²) in [5.41, 5.74) is 3.67. The largest absolute Gasteiger partial charge is 0.462 e. The Morgan fingerprint density at radius 3 is 2.56 bits per heavy atom. The van der Waals surface area contributed by atoms with Crippen molar-refractivity contribution in [3.63, 3.8) is 0 Å². The van der Waals surface area contributed by atoms with Gasteiger partial charge in [0.15, 0.2) is 5.11 Å². The molecule has 2 aromatic rings. The predicted molar refractivity (Wildman–Crippen MR) is 108 cm³/mol. The first-order chi connectivity index (χ1) is 12.0. The van der Waals surface area contributed by atoms with E-state index in [9.17, 15) is 4.79 Å². The number of thiocarbonyl (C=S) groups is 1. The number of aryl methyl sites for hydroxylation is 2. The molecule has 1 aliphatic rings. The fraction of sp³-hybridized carbons (Fsp3) is 0.368. The van der Waals surface area contributed by atoms with Gasteiger partial charge in [0.05, 0.1) is 6.61 Å². The molecule has 132 valence electrons. The molecule has 6 heteroatoms. The van der Waals surface area contributed by atoms with Crippen molar-refractivity contribution in [2.75, 3.05) is 11.9 Å². The van der Waals surface area contributed by atoms with Gasteiger partial charge < -0.3 is 15.4 Å². The van der Waals surface area contributed by atoms with Crippen molar-refractivity contribution in [3.8, 4) is 11.1 Å². The van der Waals surface area contributed by atoms with Crippen molar-refractivity contribution in [2.45, 2.75) is 39.7 Å². The van der Waals surface area contributed by atoms with Crippen molar-refractivity contribution in [1.82, 2.24) is 5.32 Å². The van der Waals surface area contributed by atoms with Gasteiger partial charge >= 0.3 is 5.97 Å². The summed E-state index contributed by atoms with van der Waals surface area (Å²) >= 11 is 6.91. The molecule has 0 amide bonds. The molecule has 0 atom stereocenters. The molecule has 1 aromatic carbocycles. The second kappa shape index (κ2) is 7.54. The Labute approximate surface area is 157 Å². The highest BCUT2D eigenvalue weighted by Crippen LogP contribution is 2.40. The number of hydrogen-bond donors (Lipinski definition) is 2. The average molecular weight is 375 g/mol. The maximum atomic E-state index is 12.6. The van der Waals surface area contributed by atoms with Gasteiger partial charge in [0.2, 0.25) is 0 Å². The molecule has 1 aliphatic carbocycles. The van der Waals surface area contributed by atoms with Crippen LogP contribution in [0, 0.1) is 13.8 Å². The summed E-state index contributed by atoms with van der Waals surface area (Å²) in [6.07, 6.45) is 2.29. The molecule has 1 aromatic heterocycles. The number of nitrogens with one attached hydrogen (secondary N) is 2. The third kappa shape index (κ3) is 4.19. The second-order valence-corrected chi connectivity index (χ2v) is 7.83. The lowest BCUT2D eigenvalue weighted by molar-refractivity contribution is 0.0529. The third-order valence-corrected chi connectivity index (χ3v) is 5.28. The van der Waals surface area contributed by atoms with Crippen LogP contribution < -0.4 is 10.6 Å². The molecule has 25 heavy (non-hydrogen) atoms. The number of hydrogen-bond acceptors (Lipinski definition) is 4. The van der Waals surface area contributed by atoms with Crippen LogP contribution in [0.15, 0.2) is 24.3 Å². The first-order valence-electron chi connectivity index (χ1n) is 8.44. The molecule has 2 N–H and O–H groups in total. The molecular weight excluding hydrogens is 352 g/mol. The van der Waals surface area contributed by atoms with Crippen LogP contribution in [0.2, 0.25) is 0 Å². The maximum absolute atomic E-state index is 12.6. The quantitative estimate of drug-likeness (QED) is 0.589. The summed E-state index contributed by atoms with van der Waals surface area (Å²) in [5, 5.41) is 7.75. The van der Waals surface area contributed by atoms with Crippen LogP contribution in [-0.4, -0.2) is 23.7 Å². The third-order valence-electron chi connectivity index (χ3n) is 4.04. The van der Waals surface area contributed by atoms with Crippen LogP contribution in [0.25, 0.3) is 11.1 Å². The van der Waals surface area contributed by atoms with Gasteiger partial charge in [-0.15, -0.1) is 11.3 Å². The number of carbonyl (C=O) groups excluding carboxylic acids is 1.